The van der Waals surface area contributed by atoms with Crippen molar-refractivity contribution in [2.75, 3.05) is 0 Å². The van der Waals surface area contributed by atoms with Crippen LogP contribution in [0.4, 0.5) is 8.78 Å². The summed E-state index contributed by atoms with van der Waals surface area (Å²) in [6, 6.07) is 6.64. The zero-order valence-electron chi connectivity index (χ0n) is 6.75. The van der Waals surface area contributed by atoms with Crippen molar-refractivity contribution < 1.29 is 17.2 Å². The van der Waals surface area contributed by atoms with Crippen molar-refractivity contribution in [1.29, 1.82) is 0 Å². The van der Waals surface area contributed by atoms with Crippen LogP contribution in [0.1, 0.15) is 0 Å². The summed E-state index contributed by atoms with van der Waals surface area (Å²) in [5, 5.41) is -3.83. The van der Waals surface area contributed by atoms with Gasteiger partial charge in [0.15, 0.2) is 0 Å². The van der Waals surface area contributed by atoms with Gasteiger partial charge in [0.1, 0.15) is 0 Å². The molecule has 0 saturated carbocycles. The average Bonchev–Trinajstić information content (AvgIpc) is 2.18. The first-order chi connectivity index (χ1) is 6.46. The number of rotatable bonds is 2. The Morgan fingerprint density at radius 1 is 1.14 bits per heavy atom. The second-order valence-electron chi connectivity index (χ2n) is 2.35. The van der Waals surface area contributed by atoms with E-state index in [9.17, 15) is 17.2 Å². The third kappa shape index (κ3) is 2.10. The zero-order chi connectivity index (χ0) is 10.8. The first-order valence-electron chi connectivity index (χ1n) is 3.47. The normalized spacial score (nSPS) is 13.6. The van der Waals surface area contributed by atoms with Gasteiger partial charge in [-0.05, 0) is 23.7 Å². The summed E-state index contributed by atoms with van der Waals surface area (Å²) >= 11 is 4.62. The molecule has 0 bridgehead atoms. The molecule has 0 unspecified atom stereocenters. The molecule has 0 heterocycles. The van der Waals surface area contributed by atoms with Crippen LogP contribution in [0.15, 0.2) is 45.7 Å². The molecule has 1 aromatic rings. The molecular formula is C8H5ClF2O2S. The minimum Gasteiger partial charge on any atom is -0.216 e. The summed E-state index contributed by atoms with van der Waals surface area (Å²) in [6.45, 7) is 0. The van der Waals surface area contributed by atoms with Crippen molar-refractivity contribution in [2.45, 2.75) is 4.90 Å². The summed E-state index contributed by atoms with van der Waals surface area (Å²) in [5.74, 6) is 0. The van der Waals surface area contributed by atoms with Crippen LogP contribution in [0, 0.1) is 0 Å². The van der Waals surface area contributed by atoms with Gasteiger partial charge in [-0.25, -0.2) is 8.42 Å². The molecule has 1 aromatic carbocycles. The molecule has 6 heteroatoms. The maximum absolute atomic E-state index is 12.8. The molecule has 0 atom stereocenters. The average molecular weight is 239 g/mol. The van der Waals surface area contributed by atoms with Crippen LogP contribution >= 0.6 is 11.6 Å². The van der Waals surface area contributed by atoms with E-state index in [0.717, 1.165) is 12.1 Å². The van der Waals surface area contributed by atoms with E-state index in [1.54, 1.807) is 6.07 Å². The first-order valence-corrected chi connectivity index (χ1v) is 5.33. The van der Waals surface area contributed by atoms with Gasteiger partial charge < -0.3 is 0 Å². The summed E-state index contributed by atoms with van der Waals surface area (Å²) < 4.78 is 47.4. The van der Waals surface area contributed by atoms with Crippen molar-refractivity contribution in [2.24, 2.45) is 0 Å². The van der Waals surface area contributed by atoms with Gasteiger partial charge in [-0.2, -0.15) is 8.78 Å². The fourth-order valence-corrected chi connectivity index (χ4v) is 2.03. The highest BCUT2D eigenvalue weighted by atomic mass is 35.5. The van der Waals surface area contributed by atoms with E-state index in [0.29, 0.717) is 0 Å². The maximum Gasteiger partial charge on any atom is 0.266 e. The standard InChI is InChI=1S/C8H5ClF2O2S/c9-7(10)8(11)14(12,13)6-4-2-1-3-5-6/h1-5H/b8-7+. The van der Waals surface area contributed by atoms with Gasteiger partial charge in [-0.15, -0.1) is 0 Å². The van der Waals surface area contributed by atoms with Crippen LogP contribution in [-0.2, 0) is 9.84 Å². The van der Waals surface area contributed by atoms with Crippen LogP contribution in [0.2, 0.25) is 0 Å². The predicted octanol–water partition coefficient (Wildman–Crippen LogP) is 2.76. The van der Waals surface area contributed by atoms with Gasteiger partial charge in [0.25, 0.3) is 5.16 Å². The van der Waals surface area contributed by atoms with Gasteiger partial charge in [0.05, 0.1) is 4.90 Å². The lowest BCUT2D eigenvalue weighted by molar-refractivity contribution is 0.558. The Hall–Kier alpha value is -0.940. The molecule has 0 spiro atoms. The lowest BCUT2D eigenvalue weighted by Crippen LogP contribution is -2.01. The molecule has 76 valence electrons. The molecule has 0 amide bonds. The highest BCUT2D eigenvalue weighted by Gasteiger charge is 2.24. The van der Waals surface area contributed by atoms with E-state index >= 15 is 0 Å². The molecule has 0 aliphatic heterocycles. The zero-order valence-corrected chi connectivity index (χ0v) is 8.32. The van der Waals surface area contributed by atoms with E-state index in [2.05, 4.69) is 11.6 Å². The van der Waals surface area contributed by atoms with Gasteiger partial charge in [-0.3, -0.25) is 0 Å². The Kier molecular flexibility index (Phi) is 3.23. The van der Waals surface area contributed by atoms with E-state index in [1.807, 2.05) is 0 Å². The predicted molar refractivity (Wildman–Crippen MR) is 48.7 cm³/mol. The van der Waals surface area contributed by atoms with E-state index in [-0.39, 0.29) is 4.90 Å². The third-order valence-corrected chi connectivity index (χ3v) is 3.26. The fourth-order valence-electron chi connectivity index (χ4n) is 0.805. The lowest BCUT2D eigenvalue weighted by atomic mass is 10.4. The summed E-state index contributed by atoms with van der Waals surface area (Å²) in [4.78, 5) is -0.340. The number of benzene rings is 1. The molecule has 0 aromatic heterocycles. The monoisotopic (exact) mass is 238 g/mol. The molecule has 0 aliphatic rings. The summed E-state index contributed by atoms with van der Waals surface area (Å²) in [7, 11) is -4.43. The Bertz CT molecular complexity index is 449. The Morgan fingerprint density at radius 3 is 2.07 bits per heavy atom. The number of halogens is 3. The van der Waals surface area contributed by atoms with Crippen LogP contribution < -0.4 is 0 Å². The Labute approximate surface area is 84.7 Å². The highest BCUT2D eigenvalue weighted by molar-refractivity contribution is 7.95. The summed E-state index contributed by atoms with van der Waals surface area (Å²) in [5.41, 5.74) is 0. The molecule has 0 saturated heterocycles. The molecular weight excluding hydrogens is 234 g/mol. The van der Waals surface area contributed by atoms with E-state index < -0.39 is 20.3 Å². The number of hydrogen-bond acceptors (Lipinski definition) is 2. The fraction of sp³-hybridized carbons (Fsp3) is 0. The second kappa shape index (κ2) is 4.06. The van der Waals surface area contributed by atoms with Crippen LogP contribution in [-0.4, -0.2) is 8.42 Å². The second-order valence-corrected chi connectivity index (χ2v) is 4.52. The molecule has 0 radical (unpaired) electrons. The third-order valence-electron chi connectivity index (χ3n) is 1.44. The molecule has 0 N–H and O–H groups in total. The highest BCUT2D eigenvalue weighted by Crippen LogP contribution is 2.25. The topological polar surface area (TPSA) is 34.1 Å². The molecule has 0 fully saturated rings. The minimum absolute atomic E-state index is 0.340. The Morgan fingerprint density at radius 2 is 1.64 bits per heavy atom. The molecule has 2 nitrogen and oxygen atoms in total. The maximum atomic E-state index is 12.8. The first kappa shape index (κ1) is 11.1. The van der Waals surface area contributed by atoms with Gasteiger partial charge in [0, 0.05) is 0 Å². The van der Waals surface area contributed by atoms with Gasteiger partial charge >= 0.3 is 0 Å². The van der Waals surface area contributed by atoms with Crippen molar-refractivity contribution in [1.82, 2.24) is 0 Å². The number of sulfone groups is 1. The van der Waals surface area contributed by atoms with Crippen molar-refractivity contribution in [3.63, 3.8) is 0 Å². The van der Waals surface area contributed by atoms with Crippen LogP contribution in [0.3, 0.4) is 0 Å². The number of hydrogen-bond donors (Lipinski definition) is 0. The van der Waals surface area contributed by atoms with Crippen LogP contribution in [0.5, 0.6) is 0 Å². The van der Waals surface area contributed by atoms with Gasteiger partial charge in [-0.1, -0.05) is 18.2 Å². The molecule has 0 aliphatic carbocycles. The largest absolute Gasteiger partial charge is 0.266 e. The molecule has 14 heavy (non-hydrogen) atoms. The van der Waals surface area contributed by atoms with E-state index in [1.165, 1.54) is 12.1 Å². The lowest BCUT2D eigenvalue weighted by Gasteiger charge is -1.99. The van der Waals surface area contributed by atoms with Crippen molar-refractivity contribution in [3.8, 4) is 0 Å². The minimum atomic E-state index is -4.43. The Balaban J connectivity index is 3.31. The van der Waals surface area contributed by atoms with Crippen molar-refractivity contribution >= 4 is 21.4 Å². The quantitative estimate of drug-likeness (QED) is 0.794. The van der Waals surface area contributed by atoms with Crippen LogP contribution in [0.25, 0.3) is 0 Å². The SMILES string of the molecule is O=S(=O)(/C(F)=C(/F)Cl)c1ccccc1. The summed E-state index contributed by atoms with van der Waals surface area (Å²) in [6.07, 6.45) is 0. The van der Waals surface area contributed by atoms with Crippen molar-refractivity contribution in [3.05, 3.63) is 40.8 Å². The molecule has 1 rings (SSSR count). The smallest absolute Gasteiger partial charge is 0.216 e. The van der Waals surface area contributed by atoms with E-state index in [4.69, 9.17) is 0 Å². The van der Waals surface area contributed by atoms with Gasteiger partial charge in [0.2, 0.25) is 15.1 Å².